The highest BCUT2D eigenvalue weighted by Crippen LogP contribution is 2.25. The van der Waals surface area contributed by atoms with Crippen LogP contribution in [-0.2, 0) is 17.7 Å². The van der Waals surface area contributed by atoms with Gasteiger partial charge in [0, 0.05) is 48.7 Å². The molecule has 0 fully saturated rings. The van der Waals surface area contributed by atoms with Gasteiger partial charge in [-0.05, 0) is 67.2 Å². The zero-order valence-corrected chi connectivity index (χ0v) is 21.7. The largest absolute Gasteiger partial charge is 0.420 e. The lowest BCUT2D eigenvalue weighted by Crippen LogP contribution is -2.31. The van der Waals surface area contributed by atoms with Crippen LogP contribution in [0, 0.1) is 6.92 Å². The predicted molar refractivity (Wildman–Crippen MR) is 146 cm³/mol. The molecule has 4 heterocycles. The van der Waals surface area contributed by atoms with E-state index >= 15 is 0 Å². The third-order valence-electron chi connectivity index (χ3n) is 6.57. The van der Waals surface area contributed by atoms with Gasteiger partial charge in [-0.1, -0.05) is 36.6 Å². The highest BCUT2D eigenvalue weighted by atomic mass is 35.5. The monoisotopic (exact) mass is 515 g/mol. The molecule has 8 heteroatoms. The number of aromatic nitrogens is 4. The fraction of sp³-hybridized carbons (Fsp3) is 0.310. The Balaban J connectivity index is 1.37. The van der Waals surface area contributed by atoms with Gasteiger partial charge in [-0.25, -0.2) is 14.8 Å². The number of aryl methyl sites for hydroxylation is 1. The number of ether oxygens (including phenoxy) is 1. The number of allylic oxidation sites excluding steroid dienone is 2. The number of hydrogen-bond donors (Lipinski definition) is 1. The molecule has 5 rings (SSSR count). The first-order valence-corrected chi connectivity index (χ1v) is 13.1. The number of halogens is 1. The van der Waals surface area contributed by atoms with Gasteiger partial charge in [0.1, 0.15) is 17.2 Å². The SMILES string of the molecule is Cc1ccc(CN(C(=O)O/C2=C\CCCCCC2)c2ccc(Cc3c[nH]c4ncc(Cl)cc34)cn2)cn1. The Morgan fingerprint density at radius 1 is 1.03 bits per heavy atom. The second-order valence-corrected chi connectivity index (χ2v) is 9.89. The van der Waals surface area contributed by atoms with E-state index in [1.807, 2.05) is 43.5 Å². The van der Waals surface area contributed by atoms with Crippen LogP contribution in [0.15, 0.2) is 67.0 Å². The fourth-order valence-electron chi connectivity index (χ4n) is 4.52. The van der Waals surface area contributed by atoms with Crippen molar-refractivity contribution in [2.75, 3.05) is 4.90 Å². The number of H-pyrrole nitrogens is 1. The fourth-order valence-corrected chi connectivity index (χ4v) is 4.67. The quantitative estimate of drug-likeness (QED) is 0.291. The van der Waals surface area contributed by atoms with Crippen molar-refractivity contribution >= 4 is 34.5 Å². The van der Waals surface area contributed by atoms with Crippen molar-refractivity contribution in [3.05, 3.63) is 94.4 Å². The lowest BCUT2D eigenvalue weighted by atomic mass is 10.1. The van der Waals surface area contributed by atoms with Gasteiger partial charge in [-0.2, -0.15) is 0 Å². The van der Waals surface area contributed by atoms with Crippen molar-refractivity contribution in [1.29, 1.82) is 0 Å². The molecule has 190 valence electrons. The van der Waals surface area contributed by atoms with Gasteiger partial charge in [0.25, 0.3) is 0 Å². The second-order valence-electron chi connectivity index (χ2n) is 9.45. The molecule has 1 aliphatic carbocycles. The van der Waals surface area contributed by atoms with Crippen molar-refractivity contribution < 1.29 is 9.53 Å². The Labute approximate surface area is 221 Å². The summed E-state index contributed by atoms with van der Waals surface area (Å²) in [6, 6.07) is 9.68. The van der Waals surface area contributed by atoms with Crippen LogP contribution >= 0.6 is 11.6 Å². The number of amides is 1. The average Bonchev–Trinajstić information content (AvgIpc) is 3.27. The summed E-state index contributed by atoms with van der Waals surface area (Å²) >= 11 is 6.15. The first-order valence-electron chi connectivity index (χ1n) is 12.7. The Morgan fingerprint density at radius 2 is 1.86 bits per heavy atom. The molecule has 0 atom stereocenters. The molecule has 7 nitrogen and oxygen atoms in total. The topological polar surface area (TPSA) is 84.0 Å². The minimum absolute atomic E-state index is 0.318. The van der Waals surface area contributed by atoms with E-state index in [-0.39, 0.29) is 0 Å². The Kier molecular flexibility index (Phi) is 7.80. The number of aromatic amines is 1. The summed E-state index contributed by atoms with van der Waals surface area (Å²) in [5.74, 6) is 1.28. The molecule has 1 aliphatic rings. The lowest BCUT2D eigenvalue weighted by Gasteiger charge is -2.23. The van der Waals surface area contributed by atoms with Crippen LogP contribution in [0.1, 0.15) is 60.9 Å². The smallest absolute Gasteiger partial charge is 0.415 e. The van der Waals surface area contributed by atoms with E-state index < -0.39 is 6.09 Å². The van der Waals surface area contributed by atoms with Gasteiger partial charge in [-0.3, -0.25) is 9.88 Å². The first-order chi connectivity index (χ1) is 18.0. The van der Waals surface area contributed by atoms with E-state index in [2.05, 4.69) is 26.0 Å². The number of pyridine rings is 3. The van der Waals surface area contributed by atoms with Gasteiger partial charge in [-0.15, -0.1) is 0 Å². The Morgan fingerprint density at radius 3 is 2.68 bits per heavy atom. The van der Waals surface area contributed by atoms with Gasteiger partial charge in [0.15, 0.2) is 0 Å². The summed E-state index contributed by atoms with van der Waals surface area (Å²) < 4.78 is 5.88. The van der Waals surface area contributed by atoms with Gasteiger partial charge < -0.3 is 9.72 Å². The third kappa shape index (κ3) is 6.35. The number of rotatable bonds is 6. The van der Waals surface area contributed by atoms with E-state index in [4.69, 9.17) is 16.3 Å². The van der Waals surface area contributed by atoms with Crippen molar-refractivity contribution in [2.24, 2.45) is 0 Å². The number of carbonyl (C=O) groups is 1. The molecule has 37 heavy (non-hydrogen) atoms. The summed E-state index contributed by atoms with van der Waals surface area (Å²) in [5.41, 5.74) is 4.72. The summed E-state index contributed by atoms with van der Waals surface area (Å²) in [7, 11) is 0. The normalized spacial score (nSPS) is 15.5. The molecule has 0 unspecified atom stereocenters. The van der Waals surface area contributed by atoms with E-state index in [0.717, 1.165) is 71.3 Å². The van der Waals surface area contributed by atoms with Crippen LogP contribution < -0.4 is 4.90 Å². The molecule has 4 aromatic heterocycles. The molecule has 0 spiro atoms. The lowest BCUT2D eigenvalue weighted by molar-refractivity contribution is 0.178. The van der Waals surface area contributed by atoms with Crippen LogP contribution in [-0.4, -0.2) is 26.0 Å². The zero-order chi connectivity index (χ0) is 25.6. The number of nitrogens with zero attached hydrogens (tertiary/aromatic N) is 4. The third-order valence-corrected chi connectivity index (χ3v) is 6.77. The molecule has 0 aromatic carbocycles. The van der Waals surface area contributed by atoms with Crippen LogP contribution in [0.25, 0.3) is 11.0 Å². The summed E-state index contributed by atoms with van der Waals surface area (Å²) in [5, 5.41) is 1.59. The van der Waals surface area contributed by atoms with Crippen molar-refractivity contribution in [3.63, 3.8) is 0 Å². The highest BCUT2D eigenvalue weighted by Gasteiger charge is 2.21. The average molecular weight is 516 g/mol. The summed E-state index contributed by atoms with van der Waals surface area (Å²) in [6.45, 7) is 2.26. The van der Waals surface area contributed by atoms with E-state index in [1.165, 1.54) is 6.42 Å². The molecular formula is C29H30ClN5O2. The van der Waals surface area contributed by atoms with E-state index in [1.54, 1.807) is 23.5 Å². The van der Waals surface area contributed by atoms with Crippen LogP contribution in [0.2, 0.25) is 5.02 Å². The van der Waals surface area contributed by atoms with E-state index in [0.29, 0.717) is 23.8 Å². The molecule has 1 amide bonds. The number of fused-ring (bicyclic) bond motifs is 1. The van der Waals surface area contributed by atoms with Crippen molar-refractivity contribution in [3.8, 4) is 0 Å². The molecule has 0 saturated heterocycles. The van der Waals surface area contributed by atoms with E-state index in [9.17, 15) is 4.79 Å². The number of anilines is 1. The number of carbonyl (C=O) groups excluding carboxylic acids is 1. The molecule has 0 bridgehead atoms. The summed E-state index contributed by atoms with van der Waals surface area (Å²) in [4.78, 5) is 31.5. The van der Waals surface area contributed by atoms with Crippen LogP contribution in [0.5, 0.6) is 0 Å². The maximum absolute atomic E-state index is 13.4. The molecule has 1 N–H and O–H groups in total. The predicted octanol–water partition coefficient (Wildman–Crippen LogP) is 7.29. The van der Waals surface area contributed by atoms with Gasteiger partial charge in [0.05, 0.1) is 11.6 Å². The molecule has 4 aromatic rings. The second kappa shape index (κ2) is 11.6. The van der Waals surface area contributed by atoms with Gasteiger partial charge in [0.2, 0.25) is 0 Å². The zero-order valence-electron chi connectivity index (χ0n) is 20.9. The van der Waals surface area contributed by atoms with Crippen LogP contribution in [0.4, 0.5) is 10.6 Å². The summed E-state index contributed by atoms with van der Waals surface area (Å²) in [6.07, 6.45) is 15.7. The van der Waals surface area contributed by atoms with Crippen molar-refractivity contribution in [1.82, 2.24) is 19.9 Å². The molecule has 0 saturated carbocycles. The maximum Gasteiger partial charge on any atom is 0.420 e. The van der Waals surface area contributed by atoms with Crippen LogP contribution in [0.3, 0.4) is 0 Å². The highest BCUT2D eigenvalue weighted by molar-refractivity contribution is 6.31. The Hall–Kier alpha value is -3.71. The van der Waals surface area contributed by atoms with Crippen molar-refractivity contribution in [2.45, 2.75) is 58.4 Å². The number of hydrogen-bond acceptors (Lipinski definition) is 5. The molecular weight excluding hydrogens is 486 g/mol. The minimum atomic E-state index is -0.426. The minimum Gasteiger partial charge on any atom is -0.415 e. The standard InChI is InChI=1S/C29H30ClN5O2/c1-20-9-10-22(16-31-20)19-35(29(36)37-25-7-5-3-2-4-6-8-25)27-12-11-21(15-32-27)13-23-17-33-28-26(23)14-24(30)18-34-28/h7,9-12,14-18H,2-6,8,13,19H2,1H3,(H,33,34)/b25-7-. The number of nitrogens with one attached hydrogen (secondary N) is 1. The molecule has 0 aliphatic heterocycles. The first kappa shape index (κ1) is 25.0. The van der Waals surface area contributed by atoms with Gasteiger partial charge >= 0.3 is 6.09 Å². The molecule has 0 radical (unpaired) electrons. The maximum atomic E-state index is 13.4. The Bertz CT molecular complexity index is 1400.